The number of nitrogens with zero attached hydrogens (tertiary/aromatic N) is 1. The molecular weight excluding hydrogens is 409 g/mol. The molecule has 2 aromatic rings. The van der Waals surface area contributed by atoms with Crippen LogP contribution in [-0.4, -0.2) is 31.6 Å². The summed E-state index contributed by atoms with van der Waals surface area (Å²) in [6.45, 7) is 1.88. The van der Waals surface area contributed by atoms with Crippen LogP contribution in [0.3, 0.4) is 0 Å². The molecule has 0 saturated carbocycles. The second-order valence-electron chi connectivity index (χ2n) is 7.32. The number of rotatable bonds is 7. The topological polar surface area (TPSA) is 73.5 Å². The van der Waals surface area contributed by atoms with Crippen LogP contribution in [0.5, 0.6) is 0 Å². The average molecular weight is 434 g/mol. The highest BCUT2D eigenvalue weighted by Crippen LogP contribution is 2.36. The zero-order valence-corrected chi connectivity index (χ0v) is 17.0. The summed E-state index contributed by atoms with van der Waals surface area (Å²) in [6.07, 6.45) is -2.65. The first-order valence-electron chi connectivity index (χ1n) is 10.1. The molecular formula is C22H25F3N4O2. The Morgan fingerprint density at radius 1 is 0.968 bits per heavy atom. The third-order valence-corrected chi connectivity index (χ3v) is 4.98. The lowest BCUT2D eigenvalue weighted by Gasteiger charge is -2.23. The smallest absolute Gasteiger partial charge is 0.370 e. The van der Waals surface area contributed by atoms with E-state index in [9.17, 15) is 22.8 Å². The molecule has 0 atom stereocenters. The van der Waals surface area contributed by atoms with Gasteiger partial charge in [-0.3, -0.25) is 4.79 Å². The van der Waals surface area contributed by atoms with Gasteiger partial charge >= 0.3 is 12.2 Å². The summed E-state index contributed by atoms with van der Waals surface area (Å²) >= 11 is 0. The van der Waals surface area contributed by atoms with Gasteiger partial charge < -0.3 is 20.9 Å². The number of benzene rings is 2. The SMILES string of the molecule is O=C(CCNC(=O)NCc1ccccc1)Nc1cc(C(F)(F)F)ccc1N1CCCC1. The van der Waals surface area contributed by atoms with Gasteiger partial charge in [-0.2, -0.15) is 13.2 Å². The average Bonchev–Trinajstić information content (AvgIpc) is 3.27. The highest BCUT2D eigenvalue weighted by Gasteiger charge is 2.32. The van der Waals surface area contributed by atoms with E-state index in [1.54, 1.807) is 0 Å². The summed E-state index contributed by atoms with van der Waals surface area (Å²) in [5.41, 5.74) is 0.834. The monoisotopic (exact) mass is 434 g/mol. The maximum atomic E-state index is 13.1. The first-order valence-corrected chi connectivity index (χ1v) is 10.1. The number of alkyl halides is 3. The Morgan fingerprint density at radius 2 is 1.68 bits per heavy atom. The van der Waals surface area contributed by atoms with Crippen LogP contribution in [0.25, 0.3) is 0 Å². The highest BCUT2D eigenvalue weighted by atomic mass is 19.4. The van der Waals surface area contributed by atoms with Crippen LogP contribution in [0.4, 0.5) is 29.3 Å². The number of urea groups is 1. The minimum Gasteiger partial charge on any atom is -0.370 e. The van der Waals surface area contributed by atoms with Crippen LogP contribution in [0.1, 0.15) is 30.4 Å². The van der Waals surface area contributed by atoms with E-state index in [4.69, 9.17) is 0 Å². The summed E-state index contributed by atoms with van der Waals surface area (Å²) in [5, 5.41) is 7.83. The van der Waals surface area contributed by atoms with E-state index in [0.717, 1.165) is 43.6 Å². The number of hydrogen-bond donors (Lipinski definition) is 3. The molecule has 6 nitrogen and oxygen atoms in total. The molecule has 0 aliphatic carbocycles. The molecule has 0 bridgehead atoms. The third kappa shape index (κ3) is 6.63. The van der Waals surface area contributed by atoms with Crippen LogP contribution in [-0.2, 0) is 17.5 Å². The Bertz CT molecular complexity index is 897. The van der Waals surface area contributed by atoms with E-state index in [2.05, 4.69) is 16.0 Å². The standard InChI is InChI=1S/C22H25F3N4O2/c23-22(24,25)17-8-9-19(29-12-4-5-13-29)18(14-17)28-20(30)10-11-26-21(31)27-15-16-6-2-1-3-7-16/h1-3,6-9,14H,4-5,10-13,15H2,(H,28,30)(H2,26,27,31). The number of anilines is 2. The van der Waals surface area contributed by atoms with Crippen molar-refractivity contribution < 1.29 is 22.8 Å². The fraction of sp³-hybridized carbons (Fsp3) is 0.364. The quantitative estimate of drug-likeness (QED) is 0.614. The van der Waals surface area contributed by atoms with Crippen molar-refractivity contribution in [2.75, 3.05) is 29.9 Å². The summed E-state index contributed by atoms with van der Waals surface area (Å²) < 4.78 is 39.4. The molecule has 1 aliphatic heterocycles. The van der Waals surface area contributed by atoms with Crippen molar-refractivity contribution in [3.8, 4) is 0 Å². The molecule has 1 fully saturated rings. The highest BCUT2D eigenvalue weighted by molar-refractivity contribution is 5.95. The number of carbonyl (C=O) groups is 2. The first kappa shape index (κ1) is 22.5. The van der Waals surface area contributed by atoms with Gasteiger partial charge in [0.2, 0.25) is 5.91 Å². The Kier molecular flexibility index (Phi) is 7.38. The van der Waals surface area contributed by atoms with E-state index in [1.807, 2.05) is 35.2 Å². The normalized spacial score (nSPS) is 13.7. The third-order valence-electron chi connectivity index (χ3n) is 4.98. The fourth-order valence-electron chi connectivity index (χ4n) is 3.39. The Morgan fingerprint density at radius 3 is 2.35 bits per heavy atom. The first-order chi connectivity index (χ1) is 14.8. The van der Waals surface area contributed by atoms with Crippen molar-refractivity contribution in [3.05, 3.63) is 59.7 Å². The van der Waals surface area contributed by atoms with E-state index in [1.165, 1.54) is 6.07 Å². The van der Waals surface area contributed by atoms with E-state index in [-0.39, 0.29) is 18.7 Å². The number of amides is 3. The fourth-order valence-corrected chi connectivity index (χ4v) is 3.39. The van der Waals surface area contributed by atoms with Crippen molar-refractivity contribution in [2.24, 2.45) is 0 Å². The molecule has 0 unspecified atom stereocenters. The van der Waals surface area contributed by atoms with Crippen LogP contribution in [0.2, 0.25) is 0 Å². The summed E-state index contributed by atoms with van der Waals surface area (Å²) in [7, 11) is 0. The Labute approximate surface area is 178 Å². The predicted molar refractivity (Wildman–Crippen MR) is 113 cm³/mol. The van der Waals surface area contributed by atoms with Crippen molar-refractivity contribution >= 4 is 23.3 Å². The molecule has 1 saturated heterocycles. The molecule has 0 aromatic heterocycles. The number of hydrogen-bond acceptors (Lipinski definition) is 3. The van der Waals surface area contributed by atoms with E-state index < -0.39 is 23.7 Å². The summed E-state index contributed by atoms with van der Waals surface area (Å²) in [5.74, 6) is -0.469. The maximum Gasteiger partial charge on any atom is 0.416 e. The van der Waals surface area contributed by atoms with Crippen molar-refractivity contribution in [3.63, 3.8) is 0 Å². The second kappa shape index (κ2) is 10.2. The van der Waals surface area contributed by atoms with Crippen molar-refractivity contribution in [1.29, 1.82) is 0 Å². The van der Waals surface area contributed by atoms with Crippen LogP contribution >= 0.6 is 0 Å². The summed E-state index contributed by atoms with van der Waals surface area (Å²) in [4.78, 5) is 26.1. The van der Waals surface area contributed by atoms with E-state index >= 15 is 0 Å². The molecule has 1 heterocycles. The van der Waals surface area contributed by atoms with Gasteiger partial charge in [0, 0.05) is 32.6 Å². The largest absolute Gasteiger partial charge is 0.416 e. The Balaban J connectivity index is 1.53. The van der Waals surface area contributed by atoms with Gasteiger partial charge in [0.15, 0.2) is 0 Å². The lowest BCUT2D eigenvalue weighted by Crippen LogP contribution is -2.36. The molecule has 0 spiro atoms. The van der Waals surface area contributed by atoms with E-state index in [0.29, 0.717) is 12.2 Å². The van der Waals surface area contributed by atoms with Crippen LogP contribution in [0.15, 0.2) is 48.5 Å². The minimum absolute atomic E-state index is 0.0600. The zero-order valence-electron chi connectivity index (χ0n) is 17.0. The minimum atomic E-state index is -4.50. The lowest BCUT2D eigenvalue weighted by molar-refractivity contribution is -0.137. The number of nitrogens with one attached hydrogen (secondary N) is 3. The molecule has 166 valence electrons. The number of halogens is 3. The van der Waals surface area contributed by atoms with Gasteiger partial charge in [-0.15, -0.1) is 0 Å². The molecule has 2 aromatic carbocycles. The van der Waals surface area contributed by atoms with Crippen LogP contribution in [0, 0.1) is 0 Å². The zero-order chi connectivity index (χ0) is 22.3. The maximum absolute atomic E-state index is 13.1. The predicted octanol–water partition coefficient (Wildman–Crippen LogP) is 4.13. The molecule has 3 rings (SSSR count). The van der Waals surface area contributed by atoms with Crippen LogP contribution < -0.4 is 20.9 Å². The van der Waals surface area contributed by atoms with Crippen molar-refractivity contribution in [2.45, 2.75) is 32.0 Å². The second-order valence-corrected chi connectivity index (χ2v) is 7.32. The van der Waals surface area contributed by atoms with Crippen molar-refractivity contribution in [1.82, 2.24) is 10.6 Å². The number of carbonyl (C=O) groups excluding carboxylic acids is 2. The molecule has 0 radical (unpaired) electrons. The van der Waals surface area contributed by atoms with Gasteiger partial charge in [0.25, 0.3) is 0 Å². The van der Waals surface area contributed by atoms with Gasteiger partial charge in [-0.1, -0.05) is 30.3 Å². The molecule has 3 N–H and O–H groups in total. The summed E-state index contributed by atoms with van der Waals surface area (Å²) in [6, 6.07) is 12.3. The molecule has 1 aliphatic rings. The molecule has 3 amide bonds. The Hall–Kier alpha value is -3.23. The van der Waals surface area contributed by atoms with Gasteiger partial charge in [0.1, 0.15) is 0 Å². The van der Waals surface area contributed by atoms with Gasteiger partial charge in [-0.25, -0.2) is 4.79 Å². The molecule has 9 heteroatoms. The van der Waals surface area contributed by atoms with Gasteiger partial charge in [0.05, 0.1) is 16.9 Å². The molecule has 31 heavy (non-hydrogen) atoms. The lowest BCUT2D eigenvalue weighted by atomic mass is 10.1. The van der Waals surface area contributed by atoms with Gasteiger partial charge in [-0.05, 0) is 36.6 Å².